The minimum Gasteiger partial charge on any atom is -0.462 e. The first-order valence-electron chi connectivity index (χ1n) is 5.14. The van der Waals surface area contributed by atoms with Crippen molar-refractivity contribution in [1.29, 1.82) is 0 Å². The predicted octanol–water partition coefficient (Wildman–Crippen LogP) is 2.76. The largest absolute Gasteiger partial charge is 0.462 e. The van der Waals surface area contributed by atoms with Crippen LogP contribution in [0.3, 0.4) is 0 Å². The van der Waals surface area contributed by atoms with E-state index < -0.39 is 5.97 Å². The molecule has 88 valence electrons. The number of carbonyl (C=O) groups is 1. The maximum absolute atomic E-state index is 11.6. The van der Waals surface area contributed by atoms with E-state index in [-0.39, 0.29) is 5.82 Å². The Kier molecular flexibility index (Phi) is 3.28. The number of nitrogen functional groups attached to an aromatic ring is 1. The number of halogens is 1. The van der Waals surface area contributed by atoms with E-state index in [0.717, 1.165) is 15.4 Å². The summed E-state index contributed by atoms with van der Waals surface area (Å²) in [6.07, 6.45) is 0. The molecule has 0 aliphatic carbocycles. The molecule has 4 nitrogen and oxygen atoms in total. The number of hydrogen-bond donors (Lipinski definition) is 1. The van der Waals surface area contributed by atoms with E-state index in [1.807, 2.05) is 18.2 Å². The lowest BCUT2D eigenvalue weighted by Crippen LogP contribution is -2.09. The van der Waals surface area contributed by atoms with Crippen LogP contribution in [-0.2, 0) is 4.74 Å². The Morgan fingerprint density at radius 3 is 2.94 bits per heavy atom. The molecular weight excluding hydrogens is 284 g/mol. The van der Waals surface area contributed by atoms with Gasteiger partial charge in [-0.05, 0) is 25.1 Å². The summed E-state index contributed by atoms with van der Waals surface area (Å²) in [5, 5.41) is 0.852. The highest BCUT2D eigenvalue weighted by Crippen LogP contribution is 2.22. The number of esters is 1. The second-order valence-corrected chi connectivity index (χ2v) is 4.39. The van der Waals surface area contributed by atoms with Gasteiger partial charge in [0.15, 0.2) is 0 Å². The van der Waals surface area contributed by atoms with E-state index in [1.165, 1.54) is 0 Å². The van der Waals surface area contributed by atoms with Crippen LogP contribution in [0, 0.1) is 0 Å². The number of pyridine rings is 1. The maximum Gasteiger partial charge on any atom is 0.341 e. The summed E-state index contributed by atoms with van der Waals surface area (Å²) >= 11 is 3.36. The number of nitrogens with two attached hydrogens (primary N) is 1. The van der Waals surface area contributed by atoms with Crippen LogP contribution in [0.25, 0.3) is 10.9 Å². The molecule has 0 spiro atoms. The molecule has 17 heavy (non-hydrogen) atoms. The molecule has 0 saturated heterocycles. The first kappa shape index (κ1) is 11.9. The van der Waals surface area contributed by atoms with E-state index in [1.54, 1.807) is 13.0 Å². The van der Waals surface area contributed by atoms with Crippen molar-refractivity contribution in [2.75, 3.05) is 12.3 Å². The lowest BCUT2D eigenvalue weighted by atomic mass is 10.1. The van der Waals surface area contributed by atoms with Crippen molar-refractivity contribution in [3.63, 3.8) is 0 Å². The molecular formula is C12H11BrN2O2. The minimum atomic E-state index is -0.442. The highest BCUT2D eigenvalue weighted by molar-refractivity contribution is 9.10. The van der Waals surface area contributed by atoms with Crippen molar-refractivity contribution in [3.8, 4) is 0 Å². The fraction of sp³-hybridized carbons (Fsp3) is 0.167. The summed E-state index contributed by atoms with van der Waals surface area (Å²) in [6, 6.07) is 7.30. The Morgan fingerprint density at radius 1 is 1.47 bits per heavy atom. The highest BCUT2D eigenvalue weighted by Gasteiger charge is 2.13. The van der Waals surface area contributed by atoms with Gasteiger partial charge in [0.25, 0.3) is 0 Å². The standard InChI is InChI=1S/C12H11BrN2O2/c1-2-17-12(16)9-5-7-3-4-8(13)6-10(7)15-11(9)14/h3-6H,2H2,1H3,(H2,14,15). The second kappa shape index (κ2) is 4.71. The van der Waals surface area contributed by atoms with Gasteiger partial charge in [-0.2, -0.15) is 0 Å². The molecule has 0 fully saturated rings. The van der Waals surface area contributed by atoms with Crippen molar-refractivity contribution in [3.05, 3.63) is 34.3 Å². The molecule has 0 atom stereocenters. The number of hydrogen-bond acceptors (Lipinski definition) is 4. The van der Waals surface area contributed by atoms with Crippen molar-refractivity contribution < 1.29 is 9.53 Å². The molecule has 2 aromatic rings. The third-order valence-corrected chi connectivity index (χ3v) is 2.80. The maximum atomic E-state index is 11.6. The number of fused-ring (bicyclic) bond motifs is 1. The summed E-state index contributed by atoms with van der Waals surface area (Å²) in [5.41, 5.74) is 6.79. The topological polar surface area (TPSA) is 65.2 Å². The molecule has 0 bridgehead atoms. The minimum absolute atomic E-state index is 0.189. The Hall–Kier alpha value is -1.62. The van der Waals surface area contributed by atoms with Gasteiger partial charge in [-0.15, -0.1) is 0 Å². The van der Waals surface area contributed by atoms with Crippen LogP contribution in [0.5, 0.6) is 0 Å². The van der Waals surface area contributed by atoms with Crippen LogP contribution >= 0.6 is 15.9 Å². The molecule has 0 amide bonds. The fourth-order valence-corrected chi connectivity index (χ4v) is 1.88. The van der Waals surface area contributed by atoms with Crippen molar-refractivity contribution in [2.45, 2.75) is 6.92 Å². The van der Waals surface area contributed by atoms with E-state index in [2.05, 4.69) is 20.9 Å². The lowest BCUT2D eigenvalue weighted by Gasteiger charge is -2.06. The van der Waals surface area contributed by atoms with Gasteiger partial charge >= 0.3 is 5.97 Å². The van der Waals surface area contributed by atoms with Gasteiger partial charge in [0.1, 0.15) is 11.4 Å². The number of rotatable bonds is 2. The van der Waals surface area contributed by atoms with Gasteiger partial charge in [-0.3, -0.25) is 0 Å². The van der Waals surface area contributed by atoms with E-state index >= 15 is 0 Å². The van der Waals surface area contributed by atoms with Gasteiger partial charge in [-0.1, -0.05) is 22.0 Å². The zero-order valence-corrected chi connectivity index (χ0v) is 10.8. The summed E-state index contributed by atoms with van der Waals surface area (Å²) in [7, 11) is 0. The van der Waals surface area contributed by atoms with Crippen LogP contribution in [0.4, 0.5) is 5.82 Å². The molecule has 0 aliphatic rings. The molecule has 0 aliphatic heterocycles. The van der Waals surface area contributed by atoms with Gasteiger partial charge < -0.3 is 10.5 Å². The van der Waals surface area contributed by atoms with Crippen LogP contribution < -0.4 is 5.73 Å². The summed E-state index contributed by atoms with van der Waals surface area (Å²) in [4.78, 5) is 15.8. The lowest BCUT2D eigenvalue weighted by molar-refractivity contribution is 0.0527. The number of aromatic nitrogens is 1. The van der Waals surface area contributed by atoms with E-state index in [4.69, 9.17) is 10.5 Å². The van der Waals surface area contributed by atoms with Crippen LogP contribution in [0.15, 0.2) is 28.7 Å². The summed E-state index contributed by atoms with van der Waals surface area (Å²) in [5.74, 6) is -0.253. The number of carbonyl (C=O) groups excluding carboxylic acids is 1. The Balaban J connectivity index is 2.55. The molecule has 1 aromatic carbocycles. The molecule has 2 N–H and O–H groups in total. The smallest absolute Gasteiger partial charge is 0.341 e. The Labute approximate surface area is 107 Å². The number of benzene rings is 1. The van der Waals surface area contributed by atoms with Crippen molar-refractivity contribution in [2.24, 2.45) is 0 Å². The molecule has 1 aromatic heterocycles. The second-order valence-electron chi connectivity index (χ2n) is 3.48. The highest BCUT2D eigenvalue weighted by atomic mass is 79.9. The molecule has 0 radical (unpaired) electrons. The number of ether oxygens (including phenoxy) is 1. The fourth-order valence-electron chi connectivity index (χ4n) is 1.53. The third kappa shape index (κ3) is 2.39. The first-order valence-corrected chi connectivity index (χ1v) is 5.94. The average Bonchev–Trinajstić information content (AvgIpc) is 2.28. The molecule has 5 heteroatoms. The zero-order chi connectivity index (χ0) is 12.4. The van der Waals surface area contributed by atoms with Gasteiger partial charge in [0, 0.05) is 9.86 Å². The Morgan fingerprint density at radius 2 is 2.24 bits per heavy atom. The number of nitrogens with zero attached hydrogens (tertiary/aromatic N) is 1. The van der Waals surface area contributed by atoms with Crippen LogP contribution in [0.1, 0.15) is 17.3 Å². The quantitative estimate of drug-likeness (QED) is 0.865. The third-order valence-electron chi connectivity index (χ3n) is 2.30. The van der Waals surface area contributed by atoms with Crippen LogP contribution in [0.2, 0.25) is 0 Å². The summed E-state index contributed by atoms with van der Waals surface area (Å²) in [6.45, 7) is 2.07. The molecule has 0 saturated carbocycles. The van der Waals surface area contributed by atoms with Gasteiger partial charge in [-0.25, -0.2) is 9.78 Å². The normalized spacial score (nSPS) is 10.5. The van der Waals surface area contributed by atoms with Crippen molar-refractivity contribution >= 4 is 38.6 Å². The predicted molar refractivity (Wildman–Crippen MR) is 69.8 cm³/mol. The molecule has 1 heterocycles. The molecule has 0 unspecified atom stereocenters. The van der Waals surface area contributed by atoms with E-state index in [0.29, 0.717) is 12.2 Å². The SMILES string of the molecule is CCOC(=O)c1cc2ccc(Br)cc2nc1N. The zero-order valence-electron chi connectivity index (χ0n) is 9.24. The monoisotopic (exact) mass is 294 g/mol. The van der Waals surface area contributed by atoms with E-state index in [9.17, 15) is 4.79 Å². The van der Waals surface area contributed by atoms with Crippen molar-refractivity contribution in [1.82, 2.24) is 4.98 Å². The Bertz CT molecular complexity index is 584. The van der Waals surface area contributed by atoms with Crippen LogP contribution in [-0.4, -0.2) is 17.6 Å². The first-order chi connectivity index (χ1) is 8.11. The van der Waals surface area contributed by atoms with Gasteiger partial charge in [0.05, 0.1) is 12.1 Å². The average molecular weight is 295 g/mol. The summed E-state index contributed by atoms with van der Waals surface area (Å²) < 4.78 is 5.83. The van der Waals surface area contributed by atoms with Gasteiger partial charge in [0.2, 0.25) is 0 Å². The number of anilines is 1. The molecule has 2 rings (SSSR count).